The van der Waals surface area contributed by atoms with Crippen molar-refractivity contribution in [2.24, 2.45) is 4.99 Å². The van der Waals surface area contributed by atoms with Crippen LogP contribution in [0.25, 0.3) is 0 Å². The zero-order valence-corrected chi connectivity index (χ0v) is 17.4. The highest BCUT2D eigenvalue weighted by Gasteiger charge is 2.48. The average molecular weight is 405 g/mol. The molecular formula is C24H27N3O3. The Kier molecular flexibility index (Phi) is 5.33. The van der Waals surface area contributed by atoms with Gasteiger partial charge in [0.15, 0.2) is 0 Å². The number of phenols is 1. The molecule has 0 bridgehead atoms. The van der Waals surface area contributed by atoms with Crippen molar-refractivity contribution >= 4 is 23.2 Å². The summed E-state index contributed by atoms with van der Waals surface area (Å²) >= 11 is 0. The lowest BCUT2D eigenvalue weighted by Gasteiger charge is -2.38. The van der Waals surface area contributed by atoms with Crippen molar-refractivity contribution in [1.82, 2.24) is 4.90 Å². The molecule has 2 amide bonds. The van der Waals surface area contributed by atoms with Crippen LogP contribution in [0.5, 0.6) is 5.75 Å². The van der Waals surface area contributed by atoms with Gasteiger partial charge in [0.1, 0.15) is 23.7 Å². The van der Waals surface area contributed by atoms with Gasteiger partial charge in [-0.1, -0.05) is 12.5 Å². The lowest BCUT2D eigenvalue weighted by molar-refractivity contribution is -0.134. The van der Waals surface area contributed by atoms with Gasteiger partial charge in [-0.2, -0.15) is 0 Å². The Morgan fingerprint density at radius 3 is 2.43 bits per heavy atom. The van der Waals surface area contributed by atoms with Gasteiger partial charge >= 0.3 is 0 Å². The number of carbonyl (C=O) groups excluding carboxylic acids is 2. The van der Waals surface area contributed by atoms with E-state index >= 15 is 0 Å². The molecule has 1 aliphatic carbocycles. The van der Waals surface area contributed by atoms with E-state index in [-0.39, 0.29) is 24.1 Å². The van der Waals surface area contributed by atoms with Gasteiger partial charge in [0.05, 0.1) is 0 Å². The van der Waals surface area contributed by atoms with Crippen LogP contribution in [0.4, 0.5) is 5.69 Å². The minimum Gasteiger partial charge on any atom is -0.508 e. The lowest BCUT2D eigenvalue weighted by Crippen LogP contribution is -2.51. The molecule has 1 spiro atoms. The topological polar surface area (TPSA) is 82.0 Å². The van der Waals surface area contributed by atoms with E-state index in [4.69, 9.17) is 4.99 Å². The van der Waals surface area contributed by atoms with E-state index in [2.05, 4.69) is 5.32 Å². The molecule has 2 aromatic rings. The molecule has 0 aromatic heterocycles. The Balaban J connectivity index is 1.57. The van der Waals surface area contributed by atoms with Crippen LogP contribution in [-0.2, 0) is 9.59 Å². The van der Waals surface area contributed by atoms with Crippen molar-refractivity contribution in [1.29, 1.82) is 0 Å². The predicted molar refractivity (Wildman–Crippen MR) is 117 cm³/mol. The fraction of sp³-hybridized carbons (Fsp3) is 0.375. The molecule has 2 N–H and O–H groups in total. The standard InChI is InChI=1S/C24H27N3O3/c1-16-6-9-19(14-17(16)2)25-21(29)15-27-23(30)22(18-7-10-20(28)11-8-18)26-24(27)12-4-3-5-13-24/h6-11,14,28H,3-5,12-13,15H2,1-2H3,(H,25,29). The van der Waals surface area contributed by atoms with E-state index in [1.54, 1.807) is 29.2 Å². The maximum Gasteiger partial charge on any atom is 0.275 e. The summed E-state index contributed by atoms with van der Waals surface area (Å²) in [6.45, 7) is 4.00. The van der Waals surface area contributed by atoms with Gasteiger partial charge in [-0.3, -0.25) is 14.6 Å². The van der Waals surface area contributed by atoms with Crippen molar-refractivity contribution in [3.8, 4) is 5.75 Å². The van der Waals surface area contributed by atoms with Crippen molar-refractivity contribution in [2.75, 3.05) is 11.9 Å². The van der Waals surface area contributed by atoms with E-state index in [1.807, 2.05) is 32.0 Å². The molecule has 6 nitrogen and oxygen atoms in total. The van der Waals surface area contributed by atoms with E-state index in [0.29, 0.717) is 11.3 Å². The summed E-state index contributed by atoms with van der Waals surface area (Å²) in [5.41, 5.74) is 3.38. The zero-order chi connectivity index (χ0) is 21.3. The molecule has 2 aromatic carbocycles. The maximum absolute atomic E-state index is 13.3. The largest absolute Gasteiger partial charge is 0.508 e. The molecule has 0 unspecified atom stereocenters. The molecule has 0 atom stereocenters. The molecular weight excluding hydrogens is 378 g/mol. The van der Waals surface area contributed by atoms with Gasteiger partial charge in [-0.15, -0.1) is 0 Å². The fourth-order valence-electron chi connectivity index (χ4n) is 4.32. The molecule has 1 aliphatic heterocycles. The van der Waals surface area contributed by atoms with Crippen LogP contribution in [0.1, 0.15) is 48.8 Å². The number of nitrogens with one attached hydrogen (secondary N) is 1. The van der Waals surface area contributed by atoms with E-state index in [0.717, 1.165) is 48.9 Å². The van der Waals surface area contributed by atoms with Gasteiger partial charge in [-0.05, 0) is 87.1 Å². The third-order valence-corrected chi connectivity index (χ3v) is 6.16. The highest BCUT2D eigenvalue weighted by molar-refractivity contribution is 6.47. The number of carbonyl (C=O) groups is 2. The zero-order valence-electron chi connectivity index (χ0n) is 17.4. The highest BCUT2D eigenvalue weighted by atomic mass is 16.3. The highest BCUT2D eigenvalue weighted by Crippen LogP contribution is 2.39. The number of aromatic hydroxyl groups is 1. The Bertz CT molecular complexity index is 1000. The van der Waals surface area contributed by atoms with Crippen molar-refractivity contribution < 1.29 is 14.7 Å². The summed E-state index contributed by atoms with van der Waals surface area (Å²) < 4.78 is 0. The van der Waals surface area contributed by atoms with E-state index in [9.17, 15) is 14.7 Å². The fourth-order valence-corrected chi connectivity index (χ4v) is 4.32. The maximum atomic E-state index is 13.3. The Morgan fingerprint density at radius 1 is 1.07 bits per heavy atom. The van der Waals surface area contributed by atoms with Gasteiger partial charge in [0.2, 0.25) is 5.91 Å². The summed E-state index contributed by atoms with van der Waals surface area (Å²) in [6, 6.07) is 12.3. The van der Waals surface area contributed by atoms with Crippen molar-refractivity contribution in [3.63, 3.8) is 0 Å². The van der Waals surface area contributed by atoms with Crippen molar-refractivity contribution in [2.45, 2.75) is 51.6 Å². The first-order valence-electron chi connectivity index (χ1n) is 10.5. The molecule has 2 aliphatic rings. The molecule has 30 heavy (non-hydrogen) atoms. The number of hydrogen-bond donors (Lipinski definition) is 2. The van der Waals surface area contributed by atoms with Crippen molar-refractivity contribution in [3.05, 3.63) is 59.2 Å². The number of anilines is 1. The summed E-state index contributed by atoms with van der Waals surface area (Å²) in [6.07, 6.45) is 4.60. The summed E-state index contributed by atoms with van der Waals surface area (Å²) in [7, 11) is 0. The van der Waals surface area contributed by atoms with Crippen LogP contribution in [-0.4, -0.2) is 39.7 Å². The first kappa shape index (κ1) is 20.1. The average Bonchev–Trinajstić information content (AvgIpc) is 2.98. The molecule has 1 saturated carbocycles. The second kappa shape index (κ2) is 7.94. The van der Waals surface area contributed by atoms with Crippen LogP contribution in [0.3, 0.4) is 0 Å². The SMILES string of the molecule is Cc1ccc(NC(=O)CN2C(=O)C(c3ccc(O)cc3)=NC23CCCCC3)cc1C. The third kappa shape index (κ3) is 3.82. The third-order valence-electron chi connectivity index (χ3n) is 6.16. The Morgan fingerprint density at radius 2 is 1.77 bits per heavy atom. The van der Waals surface area contributed by atoms with Gasteiger partial charge < -0.3 is 15.3 Å². The number of phenolic OH excluding ortho intramolecular Hbond substituents is 1. The minimum absolute atomic E-state index is 0.0309. The summed E-state index contributed by atoms with van der Waals surface area (Å²) in [4.78, 5) is 32.6. The van der Waals surface area contributed by atoms with Gasteiger partial charge in [0, 0.05) is 11.3 Å². The first-order valence-corrected chi connectivity index (χ1v) is 10.5. The number of aliphatic imine (C=N–C) groups is 1. The molecule has 0 radical (unpaired) electrons. The number of amides is 2. The molecule has 6 heteroatoms. The quantitative estimate of drug-likeness (QED) is 0.808. The van der Waals surface area contributed by atoms with Crippen LogP contribution in [0.15, 0.2) is 47.5 Å². The summed E-state index contributed by atoms with van der Waals surface area (Å²) in [5, 5.41) is 12.5. The Labute approximate surface area is 176 Å². The summed E-state index contributed by atoms with van der Waals surface area (Å²) in [5.74, 6) is -0.307. The number of rotatable bonds is 4. The first-order chi connectivity index (χ1) is 14.4. The second-order valence-corrected chi connectivity index (χ2v) is 8.29. The number of nitrogens with zero attached hydrogens (tertiary/aromatic N) is 2. The van der Waals surface area contributed by atoms with E-state index < -0.39 is 5.66 Å². The predicted octanol–water partition coefficient (Wildman–Crippen LogP) is 3.94. The second-order valence-electron chi connectivity index (χ2n) is 8.29. The van der Waals surface area contributed by atoms with Crippen LogP contribution < -0.4 is 5.32 Å². The van der Waals surface area contributed by atoms with Crippen LogP contribution >= 0.6 is 0 Å². The smallest absolute Gasteiger partial charge is 0.275 e. The van der Waals surface area contributed by atoms with Crippen LogP contribution in [0, 0.1) is 13.8 Å². The molecule has 1 fully saturated rings. The molecule has 0 saturated heterocycles. The molecule has 4 rings (SSSR count). The van der Waals surface area contributed by atoms with Gasteiger partial charge in [0.25, 0.3) is 5.91 Å². The van der Waals surface area contributed by atoms with Gasteiger partial charge in [-0.25, -0.2) is 0 Å². The molecule has 1 heterocycles. The normalized spacial score (nSPS) is 17.9. The number of benzene rings is 2. The van der Waals surface area contributed by atoms with E-state index in [1.165, 1.54) is 0 Å². The Hall–Kier alpha value is -3.15. The monoisotopic (exact) mass is 405 g/mol. The number of aryl methyl sites for hydroxylation is 2. The number of hydrogen-bond acceptors (Lipinski definition) is 4. The lowest BCUT2D eigenvalue weighted by atomic mass is 9.88. The molecule has 156 valence electrons. The van der Waals surface area contributed by atoms with Crippen LogP contribution in [0.2, 0.25) is 0 Å². The minimum atomic E-state index is -0.650.